The molecule has 4 heterocycles. The van der Waals surface area contributed by atoms with Crippen molar-refractivity contribution < 1.29 is 4.39 Å². The molecule has 1 aliphatic heterocycles. The SMILES string of the molecule is CCCN1CCC(c2cc3c(F)cc(-c4cc(C)c5nc(C)cn5n4)cc3nn2)CC1. The monoisotopic (exact) mass is 418 g/mol. The number of benzene rings is 1. The molecule has 0 spiro atoms. The molecule has 0 unspecified atom stereocenters. The van der Waals surface area contributed by atoms with Crippen molar-refractivity contribution in [3.05, 3.63) is 53.2 Å². The molecule has 0 radical (unpaired) electrons. The molecular weight excluding hydrogens is 391 g/mol. The van der Waals surface area contributed by atoms with Crippen LogP contribution in [0.2, 0.25) is 0 Å². The number of fused-ring (bicyclic) bond motifs is 2. The van der Waals surface area contributed by atoms with Crippen LogP contribution in [0.5, 0.6) is 0 Å². The van der Waals surface area contributed by atoms with Crippen LogP contribution in [0.4, 0.5) is 4.39 Å². The van der Waals surface area contributed by atoms with E-state index in [0.717, 1.165) is 55.1 Å². The quantitative estimate of drug-likeness (QED) is 0.481. The Morgan fingerprint density at radius 2 is 1.87 bits per heavy atom. The molecule has 4 aromatic rings. The van der Waals surface area contributed by atoms with Gasteiger partial charge in [0, 0.05) is 16.9 Å². The lowest BCUT2D eigenvalue weighted by Gasteiger charge is -2.31. The Morgan fingerprint density at radius 1 is 1.06 bits per heavy atom. The summed E-state index contributed by atoms with van der Waals surface area (Å²) >= 11 is 0. The molecule has 1 fully saturated rings. The molecule has 0 N–H and O–H groups in total. The summed E-state index contributed by atoms with van der Waals surface area (Å²) in [4.78, 5) is 6.98. The van der Waals surface area contributed by atoms with Crippen LogP contribution in [0.3, 0.4) is 0 Å². The zero-order chi connectivity index (χ0) is 21.5. The third-order valence-corrected chi connectivity index (χ3v) is 6.24. The molecule has 5 rings (SSSR count). The van der Waals surface area contributed by atoms with Crippen molar-refractivity contribution in [3.63, 3.8) is 0 Å². The summed E-state index contributed by atoms with van der Waals surface area (Å²) in [5.74, 6) is 0.0636. The third-order valence-electron chi connectivity index (χ3n) is 6.24. The van der Waals surface area contributed by atoms with E-state index in [1.54, 1.807) is 10.6 Å². The molecule has 160 valence electrons. The lowest BCUT2D eigenvalue weighted by atomic mass is 9.92. The smallest absolute Gasteiger partial charge is 0.156 e. The maximum atomic E-state index is 15.1. The summed E-state index contributed by atoms with van der Waals surface area (Å²) in [6.45, 7) is 9.42. The van der Waals surface area contributed by atoms with E-state index >= 15 is 4.39 Å². The minimum Gasteiger partial charge on any atom is -0.303 e. The highest BCUT2D eigenvalue weighted by atomic mass is 19.1. The normalized spacial score (nSPS) is 15.9. The minimum absolute atomic E-state index is 0.284. The van der Waals surface area contributed by atoms with Gasteiger partial charge in [-0.15, -0.1) is 0 Å². The van der Waals surface area contributed by atoms with E-state index in [1.807, 2.05) is 38.2 Å². The van der Waals surface area contributed by atoms with Gasteiger partial charge in [0.05, 0.1) is 28.8 Å². The van der Waals surface area contributed by atoms with E-state index in [-0.39, 0.29) is 5.82 Å². The van der Waals surface area contributed by atoms with E-state index in [4.69, 9.17) is 0 Å². The maximum absolute atomic E-state index is 15.1. The molecule has 0 saturated carbocycles. The first-order valence-corrected chi connectivity index (χ1v) is 11.0. The summed E-state index contributed by atoms with van der Waals surface area (Å²) in [7, 11) is 0. The highest BCUT2D eigenvalue weighted by Crippen LogP contribution is 2.31. The van der Waals surface area contributed by atoms with E-state index in [9.17, 15) is 0 Å². The number of likely N-dealkylation sites (tertiary alicyclic amines) is 1. The van der Waals surface area contributed by atoms with Gasteiger partial charge in [0.2, 0.25) is 0 Å². The number of aryl methyl sites for hydroxylation is 2. The van der Waals surface area contributed by atoms with Gasteiger partial charge in [-0.25, -0.2) is 13.9 Å². The number of imidazole rings is 1. The maximum Gasteiger partial charge on any atom is 0.156 e. The lowest BCUT2D eigenvalue weighted by molar-refractivity contribution is 0.211. The van der Waals surface area contributed by atoms with Gasteiger partial charge in [0.15, 0.2) is 5.65 Å². The van der Waals surface area contributed by atoms with Crippen molar-refractivity contribution in [2.45, 2.75) is 46.0 Å². The van der Waals surface area contributed by atoms with Crippen LogP contribution in [-0.4, -0.2) is 49.3 Å². The average Bonchev–Trinajstić information content (AvgIpc) is 3.15. The predicted molar refractivity (Wildman–Crippen MR) is 120 cm³/mol. The molecular formula is C24H27FN6. The van der Waals surface area contributed by atoms with Crippen molar-refractivity contribution in [1.29, 1.82) is 0 Å². The summed E-state index contributed by atoms with van der Waals surface area (Å²) in [6, 6.07) is 7.25. The topological polar surface area (TPSA) is 59.2 Å². The van der Waals surface area contributed by atoms with E-state index in [0.29, 0.717) is 28.1 Å². The third kappa shape index (κ3) is 3.78. The van der Waals surface area contributed by atoms with E-state index in [2.05, 4.69) is 32.1 Å². The van der Waals surface area contributed by atoms with E-state index < -0.39 is 0 Å². The minimum atomic E-state index is -0.284. The van der Waals surface area contributed by atoms with Gasteiger partial charge in [0.25, 0.3) is 0 Å². The average molecular weight is 419 g/mol. The number of halogens is 1. The second kappa shape index (κ2) is 7.96. The number of aromatic nitrogens is 5. The van der Waals surface area contributed by atoms with Crippen LogP contribution in [0, 0.1) is 19.7 Å². The molecule has 0 aliphatic carbocycles. The van der Waals surface area contributed by atoms with Crippen LogP contribution in [0.1, 0.15) is 49.1 Å². The van der Waals surface area contributed by atoms with Gasteiger partial charge < -0.3 is 4.90 Å². The standard InChI is InChI=1S/C24H27FN6/c1-4-7-30-8-5-17(6-9-30)21-13-19-20(25)11-18(12-23(19)28-27-21)22-10-15(2)24-26-16(3)14-31(24)29-22/h10-14,17H,4-9H2,1-3H3. The van der Waals surface area contributed by atoms with Crippen LogP contribution in [0.25, 0.3) is 27.8 Å². The van der Waals surface area contributed by atoms with Crippen molar-refractivity contribution in [1.82, 2.24) is 29.7 Å². The van der Waals surface area contributed by atoms with Crippen molar-refractivity contribution >= 4 is 16.6 Å². The Kier molecular flexibility index (Phi) is 5.14. The van der Waals surface area contributed by atoms with Gasteiger partial charge in [-0.2, -0.15) is 15.3 Å². The van der Waals surface area contributed by atoms with Gasteiger partial charge in [-0.1, -0.05) is 6.92 Å². The molecule has 1 aromatic carbocycles. The fourth-order valence-corrected chi connectivity index (χ4v) is 4.62. The van der Waals surface area contributed by atoms with Crippen LogP contribution >= 0.6 is 0 Å². The highest BCUT2D eigenvalue weighted by molar-refractivity contribution is 5.84. The fraction of sp³-hybridized carbons (Fsp3) is 0.417. The van der Waals surface area contributed by atoms with Gasteiger partial charge in [-0.05, 0) is 82.6 Å². The molecule has 0 amide bonds. The summed E-state index contributed by atoms with van der Waals surface area (Å²) in [6.07, 6.45) is 5.15. The van der Waals surface area contributed by atoms with Crippen molar-refractivity contribution in [3.8, 4) is 11.3 Å². The van der Waals surface area contributed by atoms with Gasteiger partial charge in [-0.3, -0.25) is 0 Å². The molecule has 1 saturated heterocycles. The summed E-state index contributed by atoms with van der Waals surface area (Å²) < 4.78 is 16.9. The first kappa shape index (κ1) is 20.0. The van der Waals surface area contributed by atoms with Crippen LogP contribution < -0.4 is 0 Å². The number of nitrogens with zero attached hydrogens (tertiary/aromatic N) is 6. The second-order valence-electron chi connectivity index (χ2n) is 8.64. The zero-order valence-corrected chi connectivity index (χ0v) is 18.3. The molecule has 7 heteroatoms. The molecule has 0 bridgehead atoms. The Bertz CT molecular complexity index is 1260. The first-order chi connectivity index (χ1) is 15.0. The Hall–Kier alpha value is -2.93. The Labute approximate surface area is 181 Å². The van der Waals surface area contributed by atoms with Crippen molar-refractivity contribution in [2.75, 3.05) is 19.6 Å². The van der Waals surface area contributed by atoms with Crippen LogP contribution in [-0.2, 0) is 0 Å². The number of hydrogen-bond acceptors (Lipinski definition) is 5. The highest BCUT2D eigenvalue weighted by Gasteiger charge is 2.22. The number of hydrogen-bond donors (Lipinski definition) is 0. The molecule has 3 aromatic heterocycles. The fourth-order valence-electron chi connectivity index (χ4n) is 4.62. The Morgan fingerprint density at radius 3 is 2.65 bits per heavy atom. The van der Waals surface area contributed by atoms with Crippen molar-refractivity contribution in [2.24, 2.45) is 0 Å². The van der Waals surface area contributed by atoms with E-state index in [1.165, 1.54) is 6.42 Å². The summed E-state index contributed by atoms with van der Waals surface area (Å²) in [5.41, 5.74) is 5.56. The van der Waals surface area contributed by atoms with Gasteiger partial charge in [0.1, 0.15) is 5.82 Å². The zero-order valence-electron chi connectivity index (χ0n) is 18.3. The predicted octanol–water partition coefficient (Wildman–Crippen LogP) is 4.68. The lowest BCUT2D eigenvalue weighted by Crippen LogP contribution is -2.33. The molecule has 1 aliphatic rings. The molecule has 6 nitrogen and oxygen atoms in total. The van der Waals surface area contributed by atoms with Crippen LogP contribution in [0.15, 0.2) is 30.5 Å². The molecule has 31 heavy (non-hydrogen) atoms. The largest absolute Gasteiger partial charge is 0.303 e. The first-order valence-electron chi connectivity index (χ1n) is 11.0. The molecule has 0 atom stereocenters. The Balaban J connectivity index is 1.47. The second-order valence-corrected chi connectivity index (χ2v) is 8.64. The summed E-state index contributed by atoms with van der Waals surface area (Å²) in [5, 5.41) is 14.0. The number of rotatable bonds is 4. The van der Waals surface area contributed by atoms with Gasteiger partial charge >= 0.3 is 0 Å². The number of piperidine rings is 1.